The van der Waals surface area contributed by atoms with E-state index in [9.17, 15) is 14.0 Å². The molecule has 2 amide bonds. The smallest absolute Gasteiger partial charge is 0.309 e. The number of hydrogen-bond acceptors (Lipinski definition) is 5. The van der Waals surface area contributed by atoms with E-state index in [1.54, 1.807) is 16.6 Å². The fourth-order valence-corrected chi connectivity index (χ4v) is 3.95. The van der Waals surface area contributed by atoms with Crippen LogP contribution in [-0.2, 0) is 16.0 Å². The second-order valence-electron chi connectivity index (χ2n) is 6.98. The standard InChI is InChI=1S/C22H20FN5O2S/c1-14(15-5-3-2-4-6-15)25-21(30)20(29)24-12-11-18-13-31-22-26-19(27-28(18)22)16-7-9-17(23)10-8-16/h2-10,13-14H,11-12H2,1H3,(H,24,29)(H,25,30)/t14-/m1/s1. The van der Waals surface area contributed by atoms with Crippen LogP contribution in [0.5, 0.6) is 0 Å². The lowest BCUT2D eigenvalue weighted by Crippen LogP contribution is -2.41. The Morgan fingerprint density at radius 2 is 1.84 bits per heavy atom. The van der Waals surface area contributed by atoms with Gasteiger partial charge in [0.1, 0.15) is 5.82 Å². The number of halogens is 1. The molecule has 7 nitrogen and oxygen atoms in total. The van der Waals surface area contributed by atoms with Crippen LogP contribution in [-0.4, -0.2) is 33.0 Å². The highest BCUT2D eigenvalue weighted by atomic mass is 32.1. The van der Waals surface area contributed by atoms with Crippen molar-refractivity contribution in [3.63, 3.8) is 0 Å². The lowest BCUT2D eigenvalue weighted by Gasteiger charge is -2.13. The van der Waals surface area contributed by atoms with E-state index in [1.807, 2.05) is 42.6 Å². The van der Waals surface area contributed by atoms with Gasteiger partial charge in [-0.1, -0.05) is 30.3 Å². The van der Waals surface area contributed by atoms with Gasteiger partial charge in [0.25, 0.3) is 0 Å². The molecule has 2 N–H and O–H groups in total. The summed E-state index contributed by atoms with van der Waals surface area (Å²) in [5.41, 5.74) is 2.51. The van der Waals surface area contributed by atoms with Gasteiger partial charge in [0.2, 0.25) is 4.96 Å². The summed E-state index contributed by atoms with van der Waals surface area (Å²) < 4.78 is 14.8. The van der Waals surface area contributed by atoms with E-state index in [0.29, 0.717) is 17.2 Å². The van der Waals surface area contributed by atoms with Gasteiger partial charge in [0.15, 0.2) is 5.82 Å². The number of benzene rings is 2. The molecule has 4 rings (SSSR count). The summed E-state index contributed by atoms with van der Waals surface area (Å²) in [7, 11) is 0. The van der Waals surface area contributed by atoms with Crippen LogP contribution >= 0.6 is 11.3 Å². The molecular weight excluding hydrogens is 417 g/mol. The van der Waals surface area contributed by atoms with Crippen LogP contribution < -0.4 is 10.6 Å². The first-order valence-electron chi connectivity index (χ1n) is 9.74. The van der Waals surface area contributed by atoms with Crippen LogP contribution in [0.4, 0.5) is 4.39 Å². The van der Waals surface area contributed by atoms with Gasteiger partial charge >= 0.3 is 11.8 Å². The van der Waals surface area contributed by atoms with Gasteiger partial charge in [-0.3, -0.25) is 9.59 Å². The molecule has 0 aliphatic carbocycles. The Hall–Kier alpha value is -3.59. The molecule has 0 unspecified atom stereocenters. The Bertz CT molecular complexity index is 1200. The van der Waals surface area contributed by atoms with Crippen molar-refractivity contribution in [2.75, 3.05) is 6.54 Å². The molecule has 0 saturated heterocycles. The van der Waals surface area contributed by atoms with Crippen molar-refractivity contribution in [2.45, 2.75) is 19.4 Å². The zero-order valence-electron chi connectivity index (χ0n) is 16.7. The Labute approximate surface area is 181 Å². The van der Waals surface area contributed by atoms with Crippen molar-refractivity contribution in [3.8, 4) is 11.4 Å². The summed E-state index contributed by atoms with van der Waals surface area (Å²) >= 11 is 1.43. The molecule has 0 bridgehead atoms. The summed E-state index contributed by atoms with van der Waals surface area (Å²) in [6, 6.07) is 15.2. The first-order chi connectivity index (χ1) is 15.0. The van der Waals surface area contributed by atoms with Crippen molar-refractivity contribution >= 4 is 28.1 Å². The lowest BCUT2D eigenvalue weighted by molar-refractivity contribution is -0.139. The second kappa shape index (κ2) is 9.05. The van der Waals surface area contributed by atoms with Gasteiger partial charge in [-0.2, -0.15) is 4.98 Å². The Morgan fingerprint density at radius 1 is 1.10 bits per heavy atom. The minimum absolute atomic E-state index is 0.268. The SMILES string of the molecule is C[C@@H](NC(=O)C(=O)NCCc1csc2nc(-c3ccc(F)cc3)nn12)c1ccccc1. The van der Waals surface area contributed by atoms with Gasteiger partial charge in [-0.25, -0.2) is 8.91 Å². The predicted molar refractivity (Wildman–Crippen MR) is 116 cm³/mol. The molecule has 4 aromatic rings. The maximum Gasteiger partial charge on any atom is 0.309 e. The normalized spacial score (nSPS) is 11.9. The van der Waals surface area contributed by atoms with Crippen molar-refractivity contribution in [2.24, 2.45) is 0 Å². The molecule has 9 heteroatoms. The highest BCUT2D eigenvalue weighted by Crippen LogP contribution is 2.21. The zero-order valence-corrected chi connectivity index (χ0v) is 17.5. The second-order valence-corrected chi connectivity index (χ2v) is 7.81. The highest BCUT2D eigenvalue weighted by molar-refractivity contribution is 7.15. The predicted octanol–water partition coefficient (Wildman–Crippen LogP) is 3.13. The monoisotopic (exact) mass is 437 g/mol. The number of nitrogens with zero attached hydrogens (tertiary/aromatic N) is 3. The highest BCUT2D eigenvalue weighted by Gasteiger charge is 2.17. The summed E-state index contributed by atoms with van der Waals surface area (Å²) in [5, 5.41) is 11.7. The van der Waals surface area contributed by atoms with E-state index in [2.05, 4.69) is 20.7 Å². The van der Waals surface area contributed by atoms with Crippen molar-refractivity contribution in [1.29, 1.82) is 0 Å². The molecule has 0 aliphatic heterocycles. The summed E-state index contributed by atoms with van der Waals surface area (Å²) in [4.78, 5) is 29.4. The first-order valence-corrected chi connectivity index (χ1v) is 10.6. The van der Waals surface area contributed by atoms with E-state index < -0.39 is 11.8 Å². The Kier molecular flexibility index (Phi) is 6.03. The summed E-state index contributed by atoms with van der Waals surface area (Å²) in [6.45, 7) is 2.11. The average Bonchev–Trinajstić information content (AvgIpc) is 3.36. The quantitative estimate of drug-likeness (QED) is 0.454. The third-order valence-corrected chi connectivity index (χ3v) is 5.64. The molecule has 31 heavy (non-hydrogen) atoms. The van der Waals surface area contributed by atoms with Gasteiger partial charge in [0.05, 0.1) is 11.7 Å². The van der Waals surface area contributed by atoms with Crippen molar-refractivity contribution < 1.29 is 14.0 Å². The van der Waals surface area contributed by atoms with Crippen LogP contribution in [0.1, 0.15) is 24.2 Å². The van der Waals surface area contributed by atoms with E-state index >= 15 is 0 Å². The van der Waals surface area contributed by atoms with Gasteiger partial charge in [-0.05, 0) is 36.8 Å². The maximum atomic E-state index is 13.1. The molecule has 1 atom stereocenters. The van der Waals surface area contributed by atoms with Crippen molar-refractivity contribution in [3.05, 3.63) is 77.1 Å². The van der Waals surface area contributed by atoms with E-state index in [1.165, 1.54) is 23.5 Å². The number of amides is 2. The molecule has 0 spiro atoms. The number of fused-ring (bicyclic) bond motifs is 1. The van der Waals surface area contributed by atoms with Crippen LogP contribution in [0.2, 0.25) is 0 Å². The first kappa shape index (κ1) is 20.7. The van der Waals surface area contributed by atoms with Gasteiger partial charge < -0.3 is 10.6 Å². The van der Waals surface area contributed by atoms with Crippen LogP contribution in [0.3, 0.4) is 0 Å². The fraction of sp³-hybridized carbons (Fsp3) is 0.182. The van der Waals surface area contributed by atoms with Gasteiger partial charge in [0, 0.05) is 23.9 Å². The molecule has 0 saturated carbocycles. The van der Waals surface area contributed by atoms with E-state index in [0.717, 1.165) is 16.8 Å². The number of hydrogen-bond donors (Lipinski definition) is 2. The Morgan fingerprint density at radius 3 is 2.58 bits per heavy atom. The van der Waals surface area contributed by atoms with Crippen LogP contribution in [0, 0.1) is 5.82 Å². The molecule has 2 aromatic carbocycles. The number of rotatable bonds is 6. The summed E-state index contributed by atoms with van der Waals surface area (Å²) in [5.74, 6) is -1.17. The topological polar surface area (TPSA) is 88.4 Å². The van der Waals surface area contributed by atoms with Gasteiger partial charge in [-0.15, -0.1) is 16.4 Å². The minimum Gasteiger partial charge on any atom is -0.347 e. The molecule has 158 valence electrons. The lowest BCUT2D eigenvalue weighted by atomic mass is 10.1. The number of aromatic nitrogens is 3. The summed E-state index contributed by atoms with van der Waals surface area (Å²) in [6.07, 6.45) is 0.486. The number of carbonyl (C=O) groups excluding carboxylic acids is 2. The number of thiazole rings is 1. The minimum atomic E-state index is -0.681. The molecular formula is C22H20FN5O2S. The Balaban J connectivity index is 1.33. The van der Waals surface area contributed by atoms with Crippen LogP contribution in [0.15, 0.2) is 60.0 Å². The third-order valence-electron chi connectivity index (χ3n) is 4.77. The fourth-order valence-electron chi connectivity index (χ4n) is 3.09. The molecule has 2 heterocycles. The molecule has 2 aromatic heterocycles. The zero-order chi connectivity index (χ0) is 21.8. The molecule has 0 aliphatic rings. The molecule has 0 radical (unpaired) electrons. The average molecular weight is 438 g/mol. The largest absolute Gasteiger partial charge is 0.347 e. The van der Waals surface area contributed by atoms with Crippen LogP contribution in [0.25, 0.3) is 16.3 Å². The van der Waals surface area contributed by atoms with E-state index in [-0.39, 0.29) is 18.4 Å². The van der Waals surface area contributed by atoms with E-state index in [4.69, 9.17) is 0 Å². The number of nitrogens with one attached hydrogen (secondary N) is 2. The van der Waals surface area contributed by atoms with Crippen molar-refractivity contribution in [1.82, 2.24) is 25.2 Å². The molecule has 0 fully saturated rings. The third kappa shape index (κ3) is 4.77. The maximum absolute atomic E-state index is 13.1. The number of carbonyl (C=O) groups is 2.